The molecule has 1 aliphatic carbocycles. The van der Waals surface area contributed by atoms with Crippen molar-refractivity contribution in [3.05, 3.63) is 93.3 Å². The molecule has 174 valence electrons. The Hall–Kier alpha value is -2.83. The van der Waals surface area contributed by atoms with E-state index in [1.165, 1.54) is 12.1 Å². The van der Waals surface area contributed by atoms with E-state index in [0.717, 1.165) is 18.9 Å². The van der Waals surface area contributed by atoms with Crippen LogP contribution in [0.15, 0.2) is 30.3 Å². The number of aryl methyl sites for hydroxylation is 1. The van der Waals surface area contributed by atoms with E-state index in [1.807, 2.05) is 6.92 Å². The molecular formula is C26H21F7. The zero-order valence-electron chi connectivity index (χ0n) is 17.9. The lowest BCUT2D eigenvalue weighted by Crippen LogP contribution is -2.20. The summed E-state index contributed by atoms with van der Waals surface area (Å²) >= 11 is 0. The molecule has 0 N–H and O–H groups in total. The van der Waals surface area contributed by atoms with E-state index in [-0.39, 0.29) is 41.5 Å². The molecule has 0 saturated heterocycles. The first-order valence-corrected chi connectivity index (χ1v) is 10.8. The molecule has 1 unspecified atom stereocenters. The molecule has 1 atom stereocenters. The Labute approximate surface area is 187 Å². The van der Waals surface area contributed by atoms with Crippen molar-refractivity contribution < 1.29 is 30.7 Å². The van der Waals surface area contributed by atoms with E-state index < -0.39 is 52.2 Å². The van der Waals surface area contributed by atoms with Crippen molar-refractivity contribution in [3.63, 3.8) is 0 Å². The molecule has 4 rings (SSSR count). The molecule has 0 nitrogen and oxygen atoms in total. The average Bonchev–Trinajstić information content (AvgIpc) is 2.78. The van der Waals surface area contributed by atoms with Crippen molar-refractivity contribution in [2.45, 2.75) is 51.4 Å². The Morgan fingerprint density at radius 3 is 2.09 bits per heavy atom. The van der Waals surface area contributed by atoms with Crippen molar-refractivity contribution in [1.82, 2.24) is 0 Å². The van der Waals surface area contributed by atoms with Crippen molar-refractivity contribution in [3.8, 4) is 11.1 Å². The summed E-state index contributed by atoms with van der Waals surface area (Å²) in [7, 11) is 0. The normalized spacial score (nSPS) is 15.6. The van der Waals surface area contributed by atoms with Crippen molar-refractivity contribution in [2.75, 3.05) is 0 Å². The van der Waals surface area contributed by atoms with Crippen LogP contribution in [0, 0.1) is 40.7 Å². The molecule has 7 heteroatoms. The van der Waals surface area contributed by atoms with Crippen LogP contribution in [0.2, 0.25) is 0 Å². The van der Waals surface area contributed by atoms with Gasteiger partial charge in [0.2, 0.25) is 0 Å². The van der Waals surface area contributed by atoms with Gasteiger partial charge < -0.3 is 0 Å². The maximum atomic E-state index is 15.2. The summed E-state index contributed by atoms with van der Waals surface area (Å²) in [6.07, 6.45) is 1.92. The lowest BCUT2D eigenvalue weighted by Gasteiger charge is -2.28. The van der Waals surface area contributed by atoms with Crippen LogP contribution in [-0.4, -0.2) is 0 Å². The van der Waals surface area contributed by atoms with Crippen molar-refractivity contribution in [2.24, 2.45) is 0 Å². The lowest BCUT2D eigenvalue weighted by molar-refractivity contribution is 0.443. The molecule has 0 fully saturated rings. The molecule has 33 heavy (non-hydrogen) atoms. The summed E-state index contributed by atoms with van der Waals surface area (Å²) in [6.45, 7) is 1.96. The average molecular weight is 466 g/mol. The predicted octanol–water partition coefficient (Wildman–Crippen LogP) is 7.94. The van der Waals surface area contributed by atoms with Gasteiger partial charge in [0.1, 0.15) is 17.5 Å². The zero-order valence-corrected chi connectivity index (χ0v) is 17.9. The van der Waals surface area contributed by atoms with Gasteiger partial charge in [0.25, 0.3) is 0 Å². The SMILES string of the molecule is CCCCc1cc(F)c(C2CCc3c(F)c(-c4ccc(F)c(F)c4)c(F)c(F)c3C2)c(F)c1. The van der Waals surface area contributed by atoms with Crippen LogP contribution in [0.25, 0.3) is 11.1 Å². The fourth-order valence-corrected chi connectivity index (χ4v) is 4.60. The minimum atomic E-state index is -1.55. The third-order valence-corrected chi connectivity index (χ3v) is 6.29. The quantitative estimate of drug-likeness (QED) is 0.265. The lowest BCUT2D eigenvalue weighted by atomic mass is 9.78. The Balaban J connectivity index is 1.73. The minimum Gasteiger partial charge on any atom is -0.207 e. The predicted molar refractivity (Wildman–Crippen MR) is 111 cm³/mol. The molecule has 0 bridgehead atoms. The second-order valence-electron chi connectivity index (χ2n) is 8.42. The number of fused-ring (bicyclic) bond motifs is 1. The molecule has 1 aliphatic rings. The monoisotopic (exact) mass is 466 g/mol. The number of hydrogen-bond acceptors (Lipinski definition) is 0. The van der Waals surface area contributed by atoms with Gasteiger partial charge in [-0.25, -0.2) is 30.7 Å². The van der Waals surface area contributed by atoms with E-state index in [4.69, 9.17) is 0 Å². The van der Waals surface area contributed by atoms with E-state index in [2.05, 4.69) is 0 Å². The summed E-state index contributed by atoms with van der Waals surface area (Å²) in [6, 6.07) is 4.77. The molecule has 0 aliphatic heterocycles. The zero-order chi connectivity index (χ0) is 23.9. The standard InChI is InChI=1S/C26H21F7/c1-2-3-4-13-9-20(29)22(21(30)10-13)14-5-7-16-17(11-14)25(32)26(33)23(24(16)31)15-6-8-18(27)19(28)12-15/h6,8-10,12,14H,2-5,7,11H2,1H3. The summed E-state index contributed by atoms with van der Waals surface area (Å²) in [5, 5.41) is 0. The van der Waals surface area contributed by atoms with Gasteiger partial charge in [-0.05, 0) is 84.5 Å². The van der Waals surface area contributed by atoms with E-state index in [9.17, 15) is 26.3 Å². The van der Waals surface area contributed by atoms with E-state index in [1.54, 1.807) is 0 Å². The van der Waals surface area contributed by atoms with Crippen LogP contribution in [0.5, 0.6) is 0 Å². The van der Waals surface area contributed by atoms with Gasteiger partial charge in [-0.15, -0.1) is 0 Å². The van der Waals surface area contributed by atoms with Gasteiger partial charge in [-0.3, -0.25) is 0 Å². The fraction of sp³-hybridized carbons (Fsp3) is 0.308. The Kier molecular flexibility index (Phi) is 6.50. The Bertz CT molecular complexity index is 1190. The maximum Gasteiger partial charge on any atom is 0.169 e. The van der Waals surface area contributed by atoms with Crippen LogP contribution >= 0.6 is 0 Å². The molecule has 3 aromatic carbocycles. The van der Waals surface area contributed by atoms with Crippen LogP contribution in [0.3, 0.4) is 0 Å². The van der Waals surface area contributed by atoms with Crippen LogP contribution in [0.1, 0.15) is 54.4 Å². The van der Waals surface area contributed by atoms with E-state index in [0.29, 0.717) is 24.1 Å². The number of halogens is 7. The van der Waals surface area contributed by atoms with Gasteiger partial charge in [0, 0.05) is 5.56 Å². The smallest absolute Gasteiger partial charge is 0.169 e. The largest absolute Gasteiger partial charge is 0.207 e. The van der Waals surface area contributed by atoms with Gasteiger partial charge in [0.15, 0.2) is 23.3 Å². The summed E-state index contributed by atoms with van der Waals surface area (Å²) in [4.78, 5) is 0. The van der Waals surface area contributed by atoms with Gasteiger partial charge in [-0.1, -0.05) is 19.4 Å². The highest BCUT2D eigenvalue weighted by Gasteiger charge is 2.33. The summed E-state index contributed by atoms with van der Waals surface area (Å²) < 4.78 is 101. The Morgan fingerprint density at radius 1 is 0.758 bits per heavy atom. The van der Waals surface area contributed by atoms with Crippen LogP contribution in [0.4, 0.5) is 30.7 Å². The third kappa shape index (κ3) is 4.25. The first-order chi connectivity index (χ1) is 15.7. The number of benzene rings is 3. The minimum absolute atomic E-state index is 0.0871. The first-order valence-electron chi connectivity index (χ1n) is 10.8. The van der Waals surface area contributed by atoms with Gasteiger partial charge in [-0.2, -0.15) is 0 Å². The van der Waals surface area contributed by atoms with Gasteiger partial charge >= 0.3 is 0 Å². The molecule has 3 aromatic rings. The Morgan fingerprint density at radius 2 is 1.45 bits per heavy atom. The number of hydrogen-bond donors (Lipinski definition) is 0. The van der Waals surface area contributed by atoms with Crippen molar-refractivity contribution in [1.29, 1.82) is 0 Å². The molecular weight excluding hydrogens is 445 g/mol. The third-order valence-electron chi connectivity index (χ3n) is 6.29. The molecule has 0 radical (unpaired) electrons. The van der Waals surface area contributed by atoms with E-state index >= 15 is 4.39 Å². The topological polar surface area (TPSA) is 0 Å². The summed E-state index contributed by atoms with van der Waals surface area (Å²) in [5.41, 5.74) is -1.24. The second-order valence-corrected chi connectivity index (χ2v) is 8.42. The highest BCUT2D eigenvalue weighted by molar-refractivity contribution is 5.67. The first kappa shape index (κ1) is 23.3. The van der Waals surface area contributed by atoms with Crippen LogP contribution in [-0.2, 0) is 19.3 Å². The van der Waals surface area contributed by atoms with Crippen molar-refractivity contribution >= 4 is 0 Å². The molecule has 0 saturated carbocycles. The summed E-state index contributed by atoms with van der Waals surface area (Å²) in [5.74, 6) is -8.80. The molecule has 0 amide bonds. The molecule has 0 heterocycles. The fourth-order valence-electron chi connectivity index (χ4n) is 4.60. The maximum absolute atomic E-state index is 15.2. The molecule has 0 aromatic heterocycles. The highest BCUT2D eigenvalue weighted by Crippen LogP contribution is 2.41. The number of rotatable bonds is 5. The molecule has 0 spiro atoms. The highest BCUT2D eigenvalue weighted by atomic mass is 19.2. The number of unbranched alkanes of at least 4 members (excludes halogenated alkanes) is 1. The van der Waals surface area contributed by atoms with Gasteiger partial charge in [0.05, 0.1) is 5.56 Å². The van der Waals surface area contributed by atoms with Crippen LogP contribution < -0.4 is 0 Å². The second kappa shape index (κ2) is 9.20.